The van der Waals surface area contributed by atoms with E-state index in [9.17, 15) is 14.7 Å². The number of carbonyl (C=O) groups is 1. The zero-order chi connectivity index (χ0) is 21.1. The van der Waals surface area contributed by atoms with Crippen LogP contribution in [0.1, 0.15) is 11.1 Å². The van der Waals surface area contributed by atoms with Gasteiger partial charge in [-0.2, -0.15) is 0 Å². The molecule has 0 saturated carbocycles. The average Bonchev–Trinajstić information content (AvgIpc) is 3.05. The zero-order valence-corrected chi connectivity index (χ0v) is 16.4. The number of phenolic OH excluding ortho intramolecular Hbond substituents is 1. The average molecular weight is 403 g/mol. The topological polar surface area (TPSA) is 91.9 Å². The standard InChI is InChI=1S/C22H21N5O3/c1-25(15-17-8-2-3-10-19(17)28)21(29)23-18-9-6-7-16(13-18)14-27-22(30)26-12-5-4-11-20(26)24-27/h2-13,28H,14-15H2,1H3,(H,23,29). The van der Waals surface area contributed by atoms with Gasteiger partial charge in [-0.05, 0) is 35.9 Å². The van der Waals surface area contributed by atoms with Crippen LogP contribution in [0.15, 0.2) is 77.7 Å². The van der Waals surface area contributed by atoms with Gasteiger partial charge in [-0.15, -0.1) is 5.10 Å². The highest BCUT2D eigenvalue weighted by Crippen LogP contribution is 2.18. The van der Waals surface area contributed by atoms with E-state index in [4.69, 9.17) is 0 Å². The van der Waals surface area contributed by atoms with E-state index in [1.807, 2.05) is 30.3 Å². The van der Waals surface area contributed by atoms with Crippen LogP contribution in [0.5, 0.6) is 5.75 Å². The second-order valence-corrected chi connectivity index (χ2v) is 6.98. The number of para-hydroxylation sites is 1. The summed E-state index contributed by atoms with van der Waals surface area (Å²) in [5, 5.41) is 17.1. The van der Waals surface area contributed by atoms with Crippen molar-refractivity contribution in [2.24, 2.45) is 0 Å². The van der Waals surface area contributed by atoms with Crippen LogP contribution in [0, 0.1) is 0 Å². The lowest BCUT2D eigenvalue weighted by Gasteiger charge is -2.19. The Hall–Kier alpha value is -4.07. The number of nitrogens with one attached hydrogen (secondary N) is 1. The van der Waals surface area contributed by atoms with Crippen molar-refractivity contribution in [1.82, 2.24) is 19.1 Å². The minimum absolute atomic E-state index is 0.150. The van der Waals surface area contributed by atoms with Gasteiger partial charge < -0.3 is 15.3 Å². The van der Waals surface area contributed by atoms with Gasteiger partial charge in [-0.1, -0.05) is 36.4 Å². The van der Waals surface area contributed by atoms with E-state index in [2.05, 4.69) is 10.4 Å². The summed E-state index contributed by atoms with van der Waals surface area (Å²) < 4.78 is 2.88. The number of amides is 2. The molecule has 2 N–H and O–H groups in total. The second-order valence-electron chi connectivity index (χ2n) is 6.98. The molecule has 152 valence electrons. The minimum atomic E-state index is -0.305. The van der Waals surface area contributed by atoms with Gasteiger partial charge in [-0.3, -0.25) is 4.40 Å². The number of carbonyl (C=O) groups excluding carboxylic acids is 1. The summed E-state index contributed by atoms with van der Waals surface area (Å²) in [6.07, 6.45) is 1.68. The predicted octanol–water partition coefficient (Wildman–Crippen LogP) is 2.91. The number of pyridine rings is 1. The van der Waals surface area contributed by atoms with Crippen molar-refractivity contribution in [3.63, 3.8) is 0 Å². The Labute approximate surface area is 172 Å². The van der Waals surface area contributed by atoms with Crippen molar-refractivity contribution in [3.05, 3.63) is 94.5 Å². The predicted molar refractivity (Wildman–Crippen MR) is 114 cm³/mol. The molecule has 0 saturated heterocycles. The number of fused-ring (bicyclic) bond motifs is 1. The maximum atomic E-state index is 12.5. The molecule has 0 spiro atoms. The van der Waals surface area contributed by atoms with E-state index in [1.54, 1.807) is 49.6 Å². The number of aromatic nitrogens is 3. The fourth-order valence-corrected chi connectivity index (χ4v) is 3.18. The Morgan fingerprint density at radius 2 is 1.90 bits per heavy atom. The molecule has 2 amide bonds. The third-order valence-corrected chi connectivity index (χ3v) is 4.74. The van der Waals surface area contributed by atoms with Gasteiger partial charge >= 0.3 is 11.7 Å². The van der Waals surface area contributed by atoms with Crippen LogP contribution >= 0.6 is 0 Å². The molecule has 2 heterocycles. The highest BCUT2D eigenvalue weighted by atomic mass is 16.3. The number of rotatable bonds is 5. The maximum absolute atomic E-state index is 12.5. The van der Waals surface area contributed by atoms with Crippen molar-refractivity contribution in [1.29, 1.82) is 0 Å². The number of hydrogen-bond donors (Lipinski definition) is 2. The van der Waals surface area contributed by atoms with E-state index in [0.717, 1.165) is 5.56 Å². The normalized spacial score (nSPS) is 10.8. The summed E-state index contributed by atoms with van der Waals surface area (Å²) >= 11 is 0. The summed E-state index contributed by atoms with van der Waals surface area (Å²) in [6.45, 7) is 0.562. The largest absolute Gasteiger partial charge is 0.508 e. The third kappa shape index (κ3) is 4.02. The second kappa shape index (κ2) is 8.12. The van der Waals surface area contributed by atoms with Gasteiger partial charge in [-0.25, -0.2) is 14.3 Å². The smallest absolute Gasteiger partial charge is 0.350 e. The minimum Gasteiger partial charge on any atom is -0.508 e. The van der Waals surface area contributed by atoms with Crippen LogP contribution < -0.4 is 11.0 Å². The molecular weight excluding hydrogens is 382 g/mol. The molecule has 0 bridgehead atoms. The number of anilines is 1. The first kappa shape index (κ1) is 19.3. The Kier molecular flexibility index (Phi) is 5.21. The summed E-state index contributed by atoms with van der Waals surface area (Å²) in [5.41, 5.74) is 2.47. The lowest BCUT2D eigenvalue weighted by Crippen LogP contribution is -2.30. The molecule has 0 fully saturated rings. The molecule has 8 heteroatoms. The van der Waals surface area contributed by atoms with Crippen LogP contribution in [0.25, 0.3) is 5.65 Å². The van der Waals surface area contributed by atoms with E-state index >= 15 is 0 Å². The third-order valence-electron chi connectivity index (χ3n) is 4.74. The lowest BCUT2D eigenvalue weighted by molar-refractivity contribution is 0.220. The fourth-order valence-electron chi connectivity index (χ4n) is 3.18. The van der Waals surface area contributed by atoms with E-state index in [-0.39, 0.29) is 30.6 Å². The van der Waals surface area contributed by atoms with Crippen molar-refractivity contribution in [2.45, 2.75) is 13.1 Å². The van der Waals surface area contributed by atoms with Crippen LogP contribution in [0.3, 0.4) is 0 Å². The van der Waals surface area contributed by atoms with Gasteiger partial charge in [0.2, 0.25) is 0 Å². The molecule has 4 aromatic rings. The molecule has 0 atom stereocenters. The zero-order valence-electron chi connectivity index (χ0n) is 16.4. The fraction of sp³-hybridized carbons (Fsp3) is 0.136. The molecule has 0 aliphatic carbocycles. The monoisotopic (exact) mass is 403 g/mol. The van der Waals surface area contributed by atoms with Crippen molar-refractivity contribution < 1.29 is 9.90 Å². The van der Waals surface area contributed by atoms with Crippen LogP contribution in [-0.2, 0) is 13.1 Å². The van der Waals surface area contributed by atoms with Crippen LogP contribution in [0.4, 0.5) is 10.5 Å². The number of urea groups is 1. The first-order valence-electron chi connectivity index (χ1n) is 9.43. The molecule has 30 heavy (non-hydrogen) atoms. The summed E-state index contributed by atoms with van der Waals surface area (Å²) in [6, 6.07) is 19.3. The van der Waals surface area contributed by atoms with Gasteiger partial charge in [0.25, 0.3) is 0 Å². The van der Waals surface area contributed by atoms with Gasteiger partial charge in [0.05, 0.1) is 13.1 Å². The number of nitrogens with zero attached hydrogens (tertiary/aromatic N) is 4. The highest BCUT2D eigenvalue weighted by Gasteiger charge is 2.12. The summed E-state index contributed by atoms with van der Waals surface area (Å²) in [7, 11) is 1.65. The first-order valence-corrected chi connectivity index (χ1v) is 9.43. The first-order chi connectivity index (χ1) is 14.5. The number of aromatic hydroxyl groups is 1. The van der Waals surface area contributed by atoms with Crippen molar-refractivity contribution in [3.8, 4) is 5.75 Å². The van der Waals surface area contributed by atoms with E-state index in [1.165, 1.54) is 14.0 Å². The molecule has 4 rings (SSSR count). The lowest BCUT2D eigenvalue weighted by atomic mass is 10.2. The quantitative estimate of drug-likeness (QED) is 0.536. The highest BCUT2D eigenvalue weighted by molar-refractivity contribution is 5.89. The Balaban J connectivity index is 1.46. The number of phenols is 1. The molecule has 0 aliphatic heterocycles. The molecule has 2 aromatic heterocycles. The summed E-state index contributed by atoms with van der Waals surface area (Å²) in [5.74, 6) is 0.150. The van der Waals surface area contributed by atoms with Crippen LogP contribution in [0.2, 0.25) is 0 Å². The maximum Gasteiger partial charge on any atom is 0.350 e. The molecule has 2 aromatic carbocycles. The summed E-state index contributed by atoms with van der Waals surface area (Å²) in [4.78, 5) is 26.5. The molecule has 8 nitrogen and oxygen atoms in total. The SMILES string of the molecule is CN(Cc1ccccc1O)C(=O)Nc1cccc(Cn2nc3ccccn3c2=O)c1. The molecular formula is C22H21N5O3. The Morgan fingerprint density at radius 1 is 1.10 bits per heavy atom. The Bertz CT molecular complexity index is 1260. The van der Waals surface area contributed by atoms with E-state index in [0.29, 0.717) is 16.9 Å². The van der Waals surface area contributed by atoms with Gasteiger partial charge in [0.15, 0.2) is 5.65 Å². The number of hydrogen-bond acceptors (Lipinski definition) is 4. The molecule has 0 unspecified atom stereocenters. The van der Waals surface area contributed by atoms with Crippen molar-refractivity contribution >= 4 is 17.4 Å². The number of benzene rings is 2. The van der Waals surface area contributed by atoms with E-state index < -0.39 is 0 Å². The van der Waals surface area contributed by atoms with Crippen molar-refractivity contribution in [2.75, 3.05) is 12.4 Å². The Morgan fingerprint density at radius 3 is 2.70 bits per heavy atom. The van der Waals surface area contributed by atoms with Gasteiger partial charge in [0, 0.05) is 24.5 Å². The molecule has 0 aliphatic rings. The molecule has 0 radical (unpaired) electrons. The van der Waals surface area contributed by atoms with Crippen LogP contribution in [-0.4, -0.2) is 37.3 Å². The van der Waals surface area contributed by atoms with Gasteiger partial charge in [0.1, 0.15) is 5.75 Å².